The molecule has 1 saturated carbocycles. The fraction of sp³-hybridized carbons (Fsp3) is 0.389. The van der Waals surface area contributed by atoms with Gasteiger partial charge in [-0.1, -0.05) is 72.6 Å². The number of hydrogen-bond donors (Lipinski definition) is 3. The number of nitrogens with zero attached hydrogens (tertiary/aromatic N) is 20. The highest BCUT2D eigenvalue weighted by Gasteiger charge is 2.44. The molecule has 0 spiro atoms. The molecule has 6 aliphatic heterocycles. The Bertz CT molecular complexity index is 6390. The number of aromatic nitrogens is 9. The van der Waals surface area contributed by atoms with E-state index in [1.807, 2.05) is 86.2 Å². The molecule has 132 heavy (non-hydrogen) atoms. The van der Waals surface area contributed by atoms with Gasteiger partial charge in [-0.15, -0.1) is 0 Å². The predicted molar refractivity (Wildman–Crippen MR) is 497 cm³/mol. The quantitative estimate of drug-likeness (QED) is 0.0385. The summed E-state index contributed by atoms with van der Waals surface area (Å²) >= 11 is 20.0. The van der Waals surface area contributed by atoms with Crippen molar-refractivity contribution in [2.24, 2.45) is 0 Å². The highest BCUT2D eigenvalue weighted by molar-refractivity contribution is 6.36. The summed E-state index contributed by atoms with van der Waals surface area (Å²) in [6, 6.07) is 21.9. The molecule has 1 aliphatic carbocycles. The van der Waals surface area contributed by atoms with Crippen LogP contribution in [0.25, 0.3) is 83.1 Å². The summed E-state index contributed by atoms with van der Waals surface area (Å²) in [5, 5.41) is 38.9. The summed E-state index contributed by atoms with van der Waals surface area (Å²) in [5.41, 5.74) is -2.05. The minimum absolute atomic E-state index is 0.00250. The Morgan fingerprint density at radius 1 is 0.568 bits per heavy atom. The second kappa shape index (κ2) is 37.8. The largest absolute Gasteiger partial charge is 0.507 e. The highest BCUT2D eigenvalue weighted by Crippen LogP contribution is 2.49. The zero-order chi connectivity index (χ0) is 94.1. The molecule has 6 atom stereocenters. The first kappa shape index (κ1) is 93.0. The average molecular weight is 1870 g/mol. The van der Waals surface area contributed by atoms with Gasteiger partial charge in [0.2, 0.25) is 23.7 Å². The summed E-state index contributed by atoms with van der Waals surface area (Å²) in [6.07, 6.45) is 10.8. The van der Waals surface area contributed by atoms with Gasteiger partial charge in [0.1, 0.15) is 86.9 Å². The van der Waals surface area contributed by atoms with Gasteiger partial charge in [-0.25, -0.2) is 40.7 Å². The normalized spacial score (nSPS) is 20.2. The molecule has 7 fully saturated rings. The van der Waals surface area contributed by atoms with Crippen LogP contribution < -0.4 is 29.2 Å². The van der Waals surface area contributed by atoms with Crippen LogP contribution in [0.1, 0.15) is 73.4 Å². The lowest BCUT2D eigenvalue weighted by Crippen LogP contribution is -2.62. The van der Waals surface area contributed by atoms with Crippen LogP contribution in [-0.4, -0.2) is 275 Å². The van der Waals surface area contributed by atoms with Crippen molar-refractivity contribution in [3.8, 4) is 57.0 Å². The first-order valence-corrected chi connectivity index (χ1v) is 44.8. The molecule has 7 aliphatic rings. The first-order chi connectivity index (χ1) is 63.0. The molecule has 0 radical (unpaired) electrons. The van der Waals surface area contributed by atoms with Crippen molar-refractivity contribution >= 4 is 132 Å². The number of anilines is 5. The van der Waals surface area contributed by atoms with Gasteiger partial charge in [-0.3, -0.25) is 34.3 Å². The van der Waals surface area contributed by atoms with E-state index in [0.717, 1.165) is 12.1 Å². The Morgan fingerprint density at radius 2 is 1.03 bits per heavy atom. The topological polar surface area (TPSA) is 279 Å². The number of fused-ring (bicyclic) bond motifs is 4. The number of phenolic OH excluding ortho intramolecular Hbond substituents is 2. The maximum absolute atomic E-state index is 16.6. The lowest BCUT2D eigenvalue weighted by molar-refractivity contribution is -0.130. The molecule has 18 rings (SSSR count). The van der Waals surface area contributed by atoms with E-state index in [1.54, 1.807) is 58.2 Å². The zero-order valence-corrected chi connectivity index (χ0v) is 76.6. The molecule has 6 saturated heterocycles. The molecular weight excluding hydrogens is 1770 g/mol. The SMILES string of the molecule is C=CC(=O)N1C[C@H](C)N(c2nc(N3CC(N(C)C4CCC4)C3)nc3c(F)c(-c4c(O)cccc4F)c(Cl)cc23)C[C@H]1C.C=CC(=O)N1C[C@H](C)N(c2nc(OCCN3CC(C)(F)C3)nc3c(F)c(-c4c(F)ccc5cn[nH]c45)c(Cl)cc23)C[C@H]1C.C[C@@H]1CN(c2nc(N3CC(N(C)C)C3)nc3c(F)c(-c4c(O)cccc4F)c(Cl)cc23)[C@@H](C)CN1C(=O)/C(C#N)=C/c1ccccn1. The van der Waals surface area contributed by atoms with Gasteiger partial charge in [0, 0.05) is 189 Å². The molecule has 5 aromatic heterocycles. The van der Waals surface area contributed by atoms with Gasteiger partial charge in [-0.05, 0) is 167 Å². The summed E-state index contributed by atoms with van der Waals surface area (Å²) in [7, 11) is 6.12. The van der Waals surface area contributed by atoms with Crippen LogP contribution in [-0.2, 0) is 14.4 Å². The third kappa shape index (κ3) is 18.0. The number of amides is 3. The van der Waals surface area contributed by atoms with E-state index >= 15 is 17.6 Å². The van der Waals surface area contributed by atoms with Crippen molar-refractivity contribution in [2.45, 2.75) is 128 Å². The number of aromatic hydroxyl groups is 2. The van der Waals surface area contributed by atoms with E-state index in [0.29, 0.717) is 153 Å². The Labute approximate surface area is 772 Å². The van der Waals surface area contributed by atoms with Gasteiger partial charge in [0.05, 0.1) is 43.6 Å². The number of nitriles is 1. The first-order valence-electron chi connectivity index (χ1n) is 43.6. The van der Waals surface area contributed by atoms with Crippen LogP contribution in [0.2, 0.25) is 15.1 Å². The predicted octanol–water partition coefficient (Wildman–Crippen LogP) is 15.5. The van der Waals surface area contributed by atoms with Crippen molar-refractivity contribution in [1.29, 1.82) is 5.26 Å². The van der Waals surface area contributed by atoms with Crippen LogP contribution in [0, 0.1) is 46.2 Å². The number of likely N-dealkylation sites (tertiary alicyclic amines) is 1. The van der Waals surface area contributed by atoms with E-state index in [9.17, 15) is 43.0 Å². The number of benzene rings is 6. The molecule has 690 valence electrons. The number of carbonyl (C=O) groups is 3. The highest BCUT2D eigenvalue weighted by atomic mass is 35.5. The molecule has 11 heterocycles. The van der Waals surface area contributed by atoms with Gasteiger partial charge in [-0.2, -0.15) is 30.3 Å². The number of aromatic amines is 1. The van der Waals surface area contributed by atoms with E-state index in [-0.39, 0.29) is 144 Å². The van der Waals surface area contributed by atoms with Crippen molar-refractivity contribution in [2.75, 3.05) is 137 Å². The van der Waals surface area contributed by atoms with Crippen LogP contribution in [0.5, 0.6) is 17.5 Å². The number of hydrogen-bond acceptors (Lipinski definition) is 23. The lowest BCUT2D eigenvalue weighted by atomic mass is 9.90. The van der Waals surface area contributed by atoms with E-state index < -0.39 is 58.0 Å². The van der Waals surface area contributed by atoms with Gasteiger partial charge in [0.25, 0.3) is 5.91 Å². The number of ether oxygens (including phenoxy) is 1. The fourth-order valence-corrected chi connectivity index (χ4v) is 19.3. The number of alkyl halides is 1. The Morgan fingerprint density at radius 3 is 1.48 bits per heavy atom. The third-order valence-corrected chi connectivity index (χ3v) is 27.0. The number of phenols is 2. The summed E-state index contributed by atoms with van der Waals surface area (Å²) in [4.78, 5) is 92.5. The van der Waals surface area contributed by atoms with Crippen LogP contribution in [0.3, 0.4) is 0 Å². The van der Waals surface area contributed by atoms with Crippen molar-refractivity contribution in [3.63, 3.8) is 0 Å². The number of piperazine rings is 3. The Balaban J connectivity index is 0.000000145. The summed E-state index contributed by atoms with van der Waals surface area (Å²) in [5.74, 6) is -4.47. The monoisotopic (exact) mass is 1870 g/mol. The number of halogens is 10. The molecule has 11 aromatic rings. The van der Waals surface area contributed by atoms with Crippen molar-refractivity contribution < 1.29 is 60.1 Å². The minimum Gasteiger partial charge on any atom is -0.507 e. The second-order valence-corrected chi connectivity index (χ2v) is 36.7. The molecule has 3 amide bonds. The van der Waals surface area contributed by atoms with E-state index in [4.69, 9.17) is 49.5 Å². The number of H-pyrrole nitrogens is 1. The van der Waals surface area contributed by atoms with Gasteiger partial charge < -0.3 is 59.0 Å². The molecule has 27 nitrogen and oxygen atoms in total. The molecule has 3 N–H and O–H groups in total. The maximum atomic E-state index is 16.6. The lowest BCUT2D eigenvalue weighted by Gasteiger charge is -2.49. The summed E-state index contributed by atoms with van der Waals surface area (Å²) in [6.45, 7) is 26.4. The minimum atomic E-state index is -1.22. The number of likely N-dealkylation sites (N-methyl/N-ethyl adjacent to an activating group) is 2. The molecule has 37 heteroatoms. The van der Waals surface area contributed by atoms with Crippen LogP contribution in [0.4, 0.5) is 60.1 Å². The standard InChI is InChI=1S/C34H33ClF2N8O2.C31H35ClF2N6O2.C30H31ClF3N7O2/c1-19-16-45(33(47)21(14-38)12-22-8-5-6-11-39-22)20(2)15-44(19)32-24-13-25(35)28(29-26(36)9-7-10-27(29)46)30(37)31(24)40-34(41-32)43-17-23(18-43)42(3)4;1-5-25(42)39-13-18(3)40(14-17(39)2)30-21-12-22(32)26(27-23(33)10-7-11-24(27)41)28(34)29(21)35-31(36-30)38-15-20(16-38)37(4)19-8-6-9-19;1-5-22(42)40-12-17(3)41(13-16(40)2)28-19-10-20(31)23(24-21(32)7-6-18-11-35-38-26(18)24)25(33)27(19)36-29(37-28)43-9-8-39-14-30(4,34)15-39/h5-13,19-20,23,46H,15-18H2,1-4H3;5,7,10-12,17-20,41H,1,6,8-9,13-16H2,2-4H3;5-7,10-11,16-17H,1,8-9,12-15H2,2-4H3,(H,35,38)/b21-12+;;/t19-,20+;17-,18+;16-,17+/m011/s1. The molecule has 0 bridgehead atoms. The average Bonchev–Trinajstić information content (AvgIpc) is 0.929. The Hall–Kier alpha value is -12.3. The van der Waals surface area contributed by atoms with Gasteiger partial charge in [0.15, 0.2) is 17.5 Å². The maximum Gasteiger partial charge on any atom is 0.319 e. The number of rotatable bonds is 19. The van der Waals surface area contributed by atoms with Crippen LogP contribution >= 0.6 is 34.8 Å². The smallest absolute Gasteiger partial charge is 0.319 e. The summed E-state index contributed by atoms with van der Waals surface area (Å²) < 4.78 is 115. The Kier molecular flexibility index (Phi) is 26.6. The molecule has 6 aromatic carbocycles. The van der Waals surface area contributed by atoms with E-state index in [2.05, 4.69) is 70.0 Å². The number of carbonyl (C=O) groups excluding carboxylic acids is 3. The van der Waals surface area contributed by atoms with Crippen molar-refractivity contribution in [3.05, 3.63) is 184 Å². The van der Waals surface area contributed by atoms with Crippen LogP contribution in [0.15, 0.2) is 128 Å². The zero-order valence-electron chi connectivity index (χ0n) is 74.4. The number of nitrogens with one attached hydrogen (secondary N) is 1. The van der Waals surface area contributed by atoms with E-state index in [1.165, 1.54) is 86.2 Å². The third-order valence-electron chi connectivity index (χ3n) is 26.1. The second-order valence-electron chi connectivity index (χ2n) is 35.5. The van der Waals surface area contributed by atoms with Crippen molar-refractivity contribution in [1.82, 2.24) is 74.5 Å². The molecular formula is C95H99Cl3F7N21O6. The molecule has 0 unspecified atom stereocenters. The van der Waals surface area contributed by atoms with Gasteiger partial charge >= 0.3 is 6.01 Å². The fourth-order valence-electron chi connectivity index (χ4n) is 18.5. The number of pyridine rings is 1.